The lowest BCUT2D eigenvalue weighted by Gasteiger charge is -1.86. The monoisotopic (exact) mass is 220 g/mol. The van der Waals surface area contributed by atoms with E-state index in [4.69, 9.17) is 4.74 Å². The summed E-state index contributed by atoms with van der Waals surface area (Å²) < 4.78 is 4.83. The van der Waals surface area contributed by atoms with Gasteiger partial charge in [0.15, 0.2) is 0 Å². The fourth-order valence-electron chi connectivity index (χ4n) is 0.204. The fourth-order valence-corrected chi connectivity index (χ4v) is 0.204. The van der Waals surface area contributed by atoms with Gasteiger partial charge in [-0.05, 0) is 13.8 Å². The maximum absolute atomic E-state index is 4.83. The van der Waals surface area contributed by atoms with Gasteiger partial charge in [-0.25, -0.2) is 0 Å². The maximum Gasteiger partial charge on any atom is 0.0437 e. The van der Waals surface area contributed by atoms with Crippen LogP contribution < -0.4 is 12.3 Å². The van der Waals surface area contributed by atoms with Crippen molar-refractivity contribution < 1.29 is 4.74 Å². The molecule has 3 nitrogen and oxygen atoms in total. The van der Waals surface area contributed by atoms with Gasteiger partial charge in [0.05, 0.1) is 0 Å². The molecule has 0 aromatic carbocycles. The van der Waals surface area contributed by atoms with Crippen molar-refractivity contribution >= 4 is 0 Å². The minimum Gasteiger partial charge on any atom is -0.382 e. The smallest absolute Gasteiger partial charge is 0.0437 e. The van der Waals surface area contributed by atoms with Crippen LogP contribution in [0.5, 0.6) is 0 Å². The van der Waals surface area contributed by atoms with Crippen LogP contribution >= 0.6 is 0 Å². The molecule has 0 fully saturated rings. The van der Waals surface area contributed by atoms with Gasteiger partial charge in [-0.1, -0.05) is 0 Å². The summed E-state index contributed by atoms with van der Waals surface area (Å²) in [7, 11) is 0. The van der Waals surface area contributed by atoms with Gasteiger partial charge in [0.2, 0.25) is 0 Å². The maximum atomic E-state index is 4.83. The molecule has 6 N–H and O–H groups in total. The second-order valence-corrected chi connectivity index (χ2v) is 0.781. The molecule has 0 saturated carbocycles. The Hall–Kier alpha value is -1.16. The first-order valence-corrected chi connectivity index (χ1v) is 3.99. The van der Waals surface area contributed by atoms with E-state index >= 15 is 0 Å². The van der Waals surface area contributed by atoms with Crippen LogP contribution in [0.2, 0.25) is 0 Å². The van der Waals surface area contributed by atoms with Gasteiger partial charge >= 0.3 is 0 Å². The summed E-state index contributed by atoms with van der Waals surface area (Å²) in [5, 5.41) is 0. The molecule has 0 aliphatic heterocycles. The molecular formula is C12H32N2O. The van der Waals surface area contributed by atoms with E-state index in [-0.39, 0.29) is 12.3 Å². The van der Waals surface area contributed by atoms with E-state index in [0.717, 1.165) is 13.2 Å². The van der Waals surface area contributed by atoms with Crippen molar-refractivity contribution in [2.45, 2.75) is 13.8 Å². The Balaban J connectivity index is -0.0000000113. The molecule has 0 unspecified atom stereocenters. The third-order valence-corrected chi connectivity index (χ3v) is 0.408. The van der Waals surface area contributed by atoms with E-state index in [2.05, 4.69) is 52.6 Å². The summed E-state index contributed by atoms with van der Waals surface area (Å²) in [6.07, 6.45) is 0. The van der Waals surface area contributed by atoms with Gasteiger partial charge in [-0.2, -0.15) is 0 Å². The van der Waals surface area contributed by atoms with E-state index in [0.29, 0.717) is 0 Å². The van der Waals surface area contributed by atoms with E-state index in [1.807, 2.05) is 13.8 Å². The highest BCUT2D eigenvalue weighted by Gasteiger charge is 1.64. The second-order valence-electron chi connectivity index (χ2n) is 0.781. The van der Waals surface area contributed by atoms with Crippen molar-refractivity contribution in [3.05, 3.63) is 52.6 Å². The Morgan fingerprint density at radius 3 is 0.733 bits per heavy atom. The van der Waals surface area contributed by atoms with Crippen LogP contribution in [0, 0.1) is 0 Å². The summed E-state index contributed by atoms with van der Waals surface area (Å²) >= 11 is 0. The lowest BCUT2D eigenvalue weighted by atomic mass is 10.8. The van der Waals surface area contributed by atoms with Crippen LogP contribution in [0.4, 0.5) is 0 Å². The van der Waals surface area contributed by atoms with Crippen LogP contribution in [-0.2, 0) is 4.74 Å². The summed E-state index contributed by atoms with van der Waals surface area (Å²) in [6, 6.07) is 0. The van der Waals surface area contributed by atoms with Gasteiger partial charge < -0.3 is 17.0 Å². The first kappa shape index (κ1) is 48.8. The van der Waals surface area contributed by atoms with Gasteiger partial charge in [0, 0.05) is 13.2 Å². The second kappa shape index (κ2) is 532. The highest BCUT2D eigenvalue weighted by atomic mass is 16.5. The lowest BCUT2D eigenvalue weighted by Crippen LogP contribution is -1.84. The molecule has 0 spiro atoms. The quantitative estimate of drug-likeness (QED) is 0.669. The molecule has 0 bridgehead atoms. The van der Waals surface area contributed by atoms with Gasteiger partial charge in [0.25, 0.3) is 0 Å². The molecule has 15 heavy (non-hydrogen) atoms. The van der Waals surface area contributed by atoms with Gasteiger partial charge in [-0.3, -0.25) is 0 Å². The molecule has 3 heteroatoms. The van der Waals surface area contributed by atoms with E-state index in [1.165, 1.54) is 0 Å². The van der Waals surface area contributed by atoms with Crippen molar-refractivity contribution in [2.75, 3.05) is 13.2 Å². The van der Waals surface area contributed by atoms with E-state index in [1.54, 1.807) is 0 Å². The van der Waals surface area contributed by atoms with E-state index in [9.17, 15) is 0 Å². The molecule has 0 aromatic rings. The molecule has 0 atom stereocenters. The molecule has 0 rings (SSSR count). The fraction of sp³-hybridized carbons (Fsp3) is 0.333. The Bertz CT molecular complexity index is 42.9. The molecule has 0 saturated heterocycles. The lowest BCUT2D eigenvalue weighted by molar-refractivity contribution is 0.162. The van der Waals surface area contributed by atoms with Crippen molar-refractivity contribution in [1.29, 1.82) is 0 Å². The topological polar surface area (TPSA) is 79.2 Å². The number of hydrogen-bond donors (Lipinski definition) is 2. The molecule has 0 amide bonds. The van der Waals surface area contributed by atoms with Crippen molar-refractivity contribution in [1.82, 2.24) is 12.3 Å². The largest absolute Gasteiger partial charge is 0.382 e. The zero-order valence-electron chi connectivity index (χ0n) is 10.9. The number of ether oxygens (including phenoxy) is 1. The highest BCUT2D eigenvalue weighted by molar-refractivity contribution is 4.23. The zero-order valence-corrected chi connectivity index (χ0v) is 10.9. The minimum absolute atomic E-state index is 0. The van der Waals surface area contributed by atoms with E-state index < -0.39 is 0 Å². The Morgan fingerprint density at radius 1 is 0.600 bits per heavy atom. The van der Waals surface area contributed by atoms with Crippen LogP contribution in [0.25, 0.3) is 0 Å². The van der Waals surface area contributed by atoms with Gasteiger partial charge in [-0.15, -0.1) is 52.6 Å². The molecule has 0 aliphatic rings. The summed E-state index contributed by atoms with van der Waals surface area (Å²) in [5.41, 5.74) is 0. The average Bonchev–Trinajstić information content (AvgIpc) is 2.30. The first-order valence-electron chi connectivity index (χ1n) is 3.99. The van der Waals surface area contributed by atoms with Crippen molar-refractivity contribution in [3.63, 3.8) is 0 Å². The average molecular weight is 220 g/mol. The van der Waals surface area contributed by atoms with Crippen LogP contribution in [-0.4, -0.2) is 13.2 Å². The Kier molecular flexibility index (Phi) is 1730. The summed E-state index contributed by atoms with van der Waals surface area (Å²) in [6.45, 7) is 29.7. The third kappa shape index (κ3) is 2140. The highest BCUT2D eigenvalue weighted by Crippen LogP contribution is 1.64. The number of hydrogen-bond acceptors (Lipinski definition) is 3. The molecule has 96 valence electrons. The first-order chi connectivity index (χ1) is 6.41. The summed E-state index contributed by atoms with van der Waals surface area (Å²) in [4.78, 5) is 0. The number of rotatable bonds is 2. The SMILES string of the molecule is C=C.C=C.C=C.C=C.CCOCC.N.N. The van der Waals surface area contributed by atoms with Gasteiger partial charge in [0.1, 0.15) is 0 Å². The van der Waals surface area contributed by atoms with Crippen LogP contribution in [0.3, 0.4) is 0 Å². The van der Waals surface area contributed by atoms with Crippen LogP contribution in [0.15, 0.2) is 52.6 Å². The standard InChI is InChI=1S/C4H10O.4C2H4.2H3N/c1-3-5-4-2;4*1-2;;/h3-4H2,1-2H3;4*1-2H2;2*1H3. The third-order valence-electron chi connectivity index (χ3n) is 0.408. The molecule has 0 radical (unpaired) electrons. The predicted octanol–water partition coefficient (Wildman–Crippen LogP) is 4.58. The Morgan fingerprint density at radius 2 is 0.733 bits per heavy atom. The van der Waals surface area contributed by atoms with Crippen LogP contribution in [0.1, 0.15) is 13.8 Å². The predicted molar refractivity (Wildman–Crippen MR) is 77.2 cm³/mol. The molecule has 0 aromatic heterocycles. The molecule has 0 heterocycles. The molecular weight excluding hydrogens is 188 g/mol. The zero-order chi connectivity index (χ0) is 12.1. The normalized spacial score (nSPS) is 3.87. The van der Waals surface area contributed by atoms with Crippen molar-refractivity contribution in [3.8, 4) is 0 Å². The Labute approximate surface area is 97.4 Å². The summed E-state index contributed by atoms with van der Waals surface area (Å²) in [5.74, 6) is 0. The van der Waals surface area contributed by atoms with Crippen molar-refractivity contribution in [2.24, 2.45) is 0 Å². The molecule has 0 aliphatic carbocycles. The minimum atomic E-state index is 0.